The molecule has 0 spiro atoms. The monoisotopic (exact) mass is 408 g/mol. The van der Waals surface area contributed by atoms with Gasteiger partial charge in [0.05, 0.1) is 17.6 Å². The van der Waals surface area contributed by atoms with Gasteiger partial charge in [0.25, 0.3) is 5.91 Å². The van der Waals surface area contributed by atoms with E-state index in [4.69, 9.17) is 0 Å². The van der Waals surface area contributed by atoms with Gasteiger partial charge in [-0.05, 0) is 37.0 Å². The van der Waals surface area contributed by atoms with Gasteiger partial charge in [0, 0.05) is 35.0 Å². The number of imide groups is 1. The van der Waals surface area contributed by atoms with Crippen molar-refractivity contribution in [3.8, 4) is 16.9 Å². The Kier molecular flexibility index (Phi) is 4.02. The minimum absolute atomic E-state index is 0.213. The molecule has 3 amide bonds. The van der Waals surface area contributed by atoms with E-state index in [1.807, 2.05) is 24.6 Å². The van der Waals surface area contributed by atoms with E-state index in [-0.39, 0.29) is 24.8 Å². The summed E-state index contributed by atoms with van der Waals surface area (Å²) in [7, 11) is 0. The predicted octanol–water partition coefficient (Wildman–Crippen LogP) is 1.46. The van der Waals surface area contributed by atoms with Crippen molar-refractivity contribution in [2.24, 2.45) is 0 Å². The van der Waals surface area contributed by atoms with Crippen LogP contribution in [-0.4, -0.2) is 48.0 Å². The molecule has 4 heterocycles. The number of amides is 3. The van der Waals surface area contributed by atoms with Crippen molar-refractivity contribution in [2.75, 3.05) is 0 Å². The number of nitrogens with zero attached hydrogens (tertiary/aromatic N) is 5. The zero-order chi connectivity index (χ0) is 20.1. The number of hydrogen-bond acceptors (Lipinski definition) is 7. The molecule has 1 saturated heterocycles. The van der Waals surface area contributed by atoms with Crippen molar-refractivity contribution in [1.29, 1.82) is 0 Å². The molecule has 146 valence electrons. The third-order valence-electron chi connectivity index (χ3n) is 5.32. The molecule has 9 nitrogen and oxygen atoms in total. The Morgan fingerprint density at radius 1 is 1.21 bits per heavy atom. The van der Waals surface area contributed by atoms with Crippen molar-refractivity contribution in [1.82, 2.24) is 29.6 Å². The maximum absolute atomic E-state index is 13.0. The van der Waals surface area contributed by atoms with Crippen LogP contribution in [0.25, 0.3) is 16.9 Å². The summed E-state index contributed by atoms with van der Waals surface area (Å²) in [5.74, 6) is -0.938. The second-order valence-electron chi connectivity index (χ2n) is 7.07. The zero-order valence-electron chi connectivity index (χ0n) is 15.5. The molecule has 0 radical (unpaired) electrons. The van der Waals surface area contributed by atoms with Gasteiger partial charge in [-0.25, -0.2) is 4.68 Å². The fraction of sp³-hybridized carbons (Fsp3) is 0.263. The Labute approximate surface area is 169 Å². The summed E-state index contributed by atoms with van der Waals surface area (Å²) < 4.78 is 5.91. The second-order valence-corrected chi connectivity index (χ2v) is 7.69. The van der Waals surface area contributed by atoms with Crippen molar-refractivity contribution in [2.45, 2.75) is 32.4 Å². The lowest BCUT2D eigenvalue weighted by Crippen LogP contribution is -2.52. The second kappa shape index (κ2) is 6.59. The molecule has 2 aliphatic heterocycles. The largest absolute Gasteiger partial charge is 0.322 e. The summed E-state index contributed by atoms with van der Waals surface area (Å²) in [6.45, 7) is 2.20. The van der Waals surface area contributed by atoms with E-state index in [1.54, 1.807) is 16.8 Å². The van der Waals surface area contributed by atoms with Crippen LogP contribution in [0.3, 0.4) is 0 Å². The quantitative estimate of drug-likeness (QED) is 0.657. The molecule has 0 aliphatic carbocycles. The first-order valence-electron chi connectivity index (χ1n) is 9.13. The van der Waals surface area contributed by atoms with Gasteiger partial charge in [0.15, 0.2) is 0 Å². The first kappa shape index (κ1) is 17.7. The first-order valence-corrected chi connectivity index (χ1v) is 9.97. The van der Waals surface area contributed by atoms with E-state index in [0.717, 1.165) is 22.5 Å². The number of nitrogens with one attached hydrogen (secondary N) is 1. The fourth-order valence-corrected chi connectivity index (χ4v) is 4.53. The molecule has 0 bridgehead atoms. The molecule has 1 unspecified atom stereocenters. The van der Waals surface area contributed by atoms with Crippen LogP contribution in [0, 0.1) is 6.92 Å². The van der Waals surface area contributed by atoms with E-state index in [0.29, 0.717) is 17.7 Å². The Morgan fingerprint density at radius 3 is 2.83 bits per heavy atom. The summed E-state index contributed by atoms with van der Waals surface area (Å²) in [6.07, 6.45) is 2.37. The predicted molar refractivity (Wildman–Crippen MR) is 103 cm³/mol. The van der Waals surface area contributed by atoms with E-state index in [2.05, 4.69) is 20.0 Å². The summed E-state index contributed by atoms with van der Waals surface area (Å²) in [5.41, 5.74) is 4.59. The highest BCUT2D eigenvalue weighted by atomic mass is 32.1. The zero-order valence-corrected chi connectivity index (χ0v) is 16.3. The minimum atomic E-state index is -0.647. The molecular formula is C19H16N6O3S. The Bertz CT molecular complexity index is 1170. The van der Waals surface area contributed by atoms with Crippen LogP contribution in [0.4, 0.5) is 0 Å². The topological polar surface area (TPSA) is 110 Å². The molecule has 5 rings (SSSR count). The number of hydrogen-bond donors (Lipinski definition) is 1. The SMILES string of the molecule is Cc1nscc1-c1cn(-c2cccc3c2CN(C2CCC(=O)NC2=O)C3=O)nn1. The molecule has 1 N–H and O–H groups in total. The number of benzene rings is 1. The Morgan fingerprint density at radius 2 is 2.07 bits per heavy atom. The minimum Gasteiger partial charge on any atom is -0.322 e. The van der Waals surface area contributed by atoms with E-state index in [1.165, 1.54) is 16.4 Å². The van der Waals surface area contributed by atoms with Crippen LogP contribution in [0.1, 0.15) is 34.5 Å². The molecule has 1 aromatic carbocycles. The van der Waals surface area contributed by atoms with Gasteiger partial charge >= 0.3 is 0 Å². The van der Waals surface area contributed by atoms with Gasteiger partial charge in [-0.15, -0.1) is 5.10 Å². The van der Waals surface area contributed by atoms with Crippen LogP contribution in [0.15, 0.2) is 29.8 Å². The molecule has 1 atom stereocenters. The average molecular weight is 408 g/mol. The average Bonchev–Trinajstić information content (AvgIpc) is 3.41. The van der Waals surface area contributed by atoms with Gasteiger partial charge in [-0.2, -0.15) is 4.37 Å². The Hall–Kier alpha value is -3.40. The number of rotatable bonds is 3. The summed E-state index contributed by atoms with van der Waals surface area (Å²) in [6, 6.07) is 4.76. The van der Waals surface area contributed by atoms with Crippen LogP contribution >= 0.6 is 11.5 Å². The standard InChI is InChI=1S/C19H16N6O3S/c1-10-13(9-29-22-10)14-8-25(23-21-14)15-4-2-3-11-12(15)7-24(19(11)28)16-5-6-17(26)20-18(16)27/h2-4,8-9,16H,5-7H2,1H3,(H,20,26,27). The lowest BCUT2D eigenvalue weighted by molar-refractivity contribution is -0.136. The van der Waals surface area contributed by atoms with Crippen molar-refractivity contribution in [3.63, 3.8) is 0 Å². The maximum atomic E-state index is 13.0. The number of carbonyl (C=O) groups is 3. The number of aromatic nitrogens is 4. The summed E-state index contributed by atoms with van der Waals surface area (Å²) >= 11 is 1.36. The molecule has 2 aliphatic rings. The third-order valence-corrected chi connectivity index (χ3v) is 6.04. The maximum Gasteiger partial charge on any atom is 0.255 e. The highest BCUT2D eigenvalue weighted by molar-refractivity contribution is 7.04. The van der Waals surface area contributed by atoms with Gasteiger partial charge in [-0.1, -0.05) is 11.3 Å². The smallest absolute Gasteiger partial charge is 0.255 e. The van der Waals surface area contributed by atoms with Gasteiger partial charge in [0.2, 0.25) is 11.8 Å². The normalized spacial score (nSPS) is 18.9. The van der Waals surface area contributed by atoms with Crippen molar-refractivity contribution in [3.05, 3.63) is 46.6 Å². The number of carbonyl (C=O) groups excluding carboxylic acids is 3. The van der Waals surface area contributed by atoms with Gasteiger partial charge < -0.3 is 4.90 Å². The van der Waals surface area contributed by atoms with Crippen LogP contribution in [0.2, 0.25) is 0 Å². The molecule has 3 aromatic rings. The molecular weight excluding hydrogens is 392 g/mol. The fourth-order valence-electron chi connectivity index (χ4n) is 3.83. The van der Waals surface area contributed by atoms with E-state index < -0.39 is 11.9 Å². The van der Waals surface area contributed by atoms with Gasteiger partial charge in [-0.3, -0.25) is 19.7 Å². The van der Waals surface area contributed by atoms with Crippen LogP contribution in [-0.2, 0) is 16.1 Å². The molecule has 10 heteroatoms. The third kappa shape index (κ3) is 2.83. The molecule has 29 heavy (non-hydrogen) atoms. The summed E-state index contributed by atoms with van der Waals surface area (Å²) in [5, 5.41) is 12.7. The van der Waals surface area contributed by atoms with E-state index >= 15 is 0 Å². The molecule has 1 fully saturated rings. The number of piperidine rings is 1. The number of aryl methyl sites for hydroxylation is 1. The number of fused-ring (bicyclic) bond motifs is 1. The van der Waals surface area contributed by atoms with Crippen LogP contribution < -0.4 is 5.32 Å². The van der Waals surface area contributed by atoms with E-state index in [9.17, 15) is 14.4 Å². The van der Waals surface area contributed by atoms with Gasteiger partial charge in [0.1, 0.15) is 11.7 Å². The highest BCUT2D eigenvalue weighted by Crippen LogP contribution is 2.32. The van der Waals surface area contributed by atoms with Crippen LogP contribution in [0.5, 0.6) is 0 Å². The van der Waals surface area contributed by atoms with Crippen molar-refractivity contribution < 1.29 is 14.4 Å². The Balaban J connectivity index is 1.49. The highest BCUT2D eigenvalue weighted by Gasteiger charge is 2.40. The molecule has 0 saturated carbocycles. The summed E-state index contributed by atoms with van der Waals surface area (Å²) in [4.78, 5) is 38.2. The first-order chi connectivity index (χ1) is 14.0. The lowest BCUT2D eigenvalue weighted by atomic mass is 10.0. The molecule has 2 aromatic heterocycles. The van der Waals surface area contributed by atoms with Crippen molar-refractivity contribution >= 4 is 29.3 Å². The lowest BCUT2D eigenvalue weighted by Gasteiger charge is -2.29.